The number of pyridine rings is 1. The molecule has 1 atom stereocenters. The summed E-state index contributed by atoms with van der Waals surface area (Å²) in [5, 5.41) is 16.4. The van der Waals surface area contributed by atoms with E-state index in [9.17, 15) is 23.3 Å². The zero-order valence-corrected chi connectivity index (χ0v) is 32.3. The fourth-order valence-electron chi connectivity index (χ4n) is 6.96. The molecule has 1 fully saturated rings. The highest BCUT2D eigenvalue weighted by molar-refractivity contribution is 7.99. The minimum atomic E-state index is -4.40. The number of rotatable bonds is 12. The number of nitro groups is 1. The van der Waals surface area contributed by atoms with E-state index in [1.54, 1.807) is 18.3 Å². The zero-order chi connectivity index (χ0) is 37.0. The summed E-state index contributed by atoms with van der Waals surface area (Å²) in [6.45, 7) is 3.82. The molecule has 2 N–H and O–H groups in total. The maximum atomic E-state index is 13.3. The van der Waals surface area contributed by atoms with Crippen molar-refractivity contribution in [3.05, 3.63) is 141 Å². The summed E-state index contributed by atoms with van der Waals surface area (Å²) in [5.41, 5.74) is 5.62. The van der Waals surface area contributed by atoms with Crippen molar-refractivity contribution < 1.29 is 18.1 Å². The number of anilines is 2. The van der Waals surface area contributed by atoms with Gasteiger partial charge < -0.3 is 10.2 Å². The van der Waals surface area contributed by atoms with Crippen molar-refractivity contribution in [3.63, 3.8) is 0 Å². The second-order valence-electron chi connectivity index (χ2n) is 12.9. The first-order valence-corrected chi connectivity index (χ1v) is 20.1. The highest BCUT2D eigenvalue weighted by atomic mass is 35.5. The molecule has 11 nitrogen and oxygen atoms in total. The molecule has 1 aromatic heterocycles. The number of nitro benzene ring substituents is 1. The summed E-state index contributed by atoms with van der Waals surface area (Å²) < 4.78 is 28.6. The summed E-state index contributed by atoms with van der Waals surface area (Å²) in [6.07, 6.45) is 3.34. The number of sulfonamides is 1. The van der Waals surface area contributed by atoms with E-state index in [-0.39, 0.29) is 28.6 Å². The SMILES string of the molecule is Cl.O=C(NS(=O)(=O)c1ccc(NCCSc2ccccn2)c([N+](=O)[O-])c1)c1ccc2c(c1)CC[C@H]1CN(Cc3ccccc3-c3ccc(Cl)cc3)CCN21. The highest BCUT2D eigenvalue weighted by Crippen LogP contribution is 2.35. The van der Waals surface area contributed by atoms with Crippen LogP contribution in [0, 0.1) is 10.1 Å². The topological polar surface area (TPSA) is 138 Å². The molecule has 5 aromatic rings. The van der Waals surface area contributed by atoms with E-state index in [1.807, 2.05) is 36.4 Å². The smallest absolute Gasteiger partial charge is 0.293 e. The number of nitrogens with zero attached hydrogens (tertiary/aromatic N) is 4. The second-order valence-corrected chi connectivity index (χ2v) is 16.2. The van der Waals surface area contributed by atoms with Gasteiger partial charge >= 0.3 is 0 Å². The normalized spacial score (nSPS) is 15.4. The van der Waals surface area contributed by atoms with Crippen LogP contribution < -0.4 is 14.9 Å². The summed E-state index contributed by atoms with van der Waals surface area (Å²) in [6, 6.07) is 31.1. The molecule has 1 saturated heterocycles. The van der Waals surface area contributed by atoms with Gasteiger partial charge in [0.15, 0.2) is 0 Å². The van der Waals surface area contributed by atoms with Crippen LogP contribution in [0.5, 0.6) is 0 Å². The van der Waals surface area contributed by atoms with Gasteiger partial charge in [-0.05, 0) is 89.7 Å². The molecular formula is C39H38Cl2N6O5S2. The monoisotopic (exact) mass is 804 g/mol. The third-order valence-corrected chi connectivity index (χ3v) is 12.1. The third kappa shape index (κ3) is 8.99. The van der Waals surface area contributed by atoms with Gasteiger partial charge in [-0.2, -0.15) is 0 Å². The van der Waals surface area contributed by atoms with Crippen molar-refractivity contribution in [1.82, 2.24) is 14.6 Å². The standard InChI is InChI=1S/C39H37ClN6O5S2.ClH/c40-31-12-8-27(9-13-31)34-6-2-1-5-30(34)25-44-20-21-45-32(26-44)14-10-28-23-29(11-17-36(28)45)39(47)43-53(50,51)33-15-16-35(37(24-33)46(48)49)41-19-22-52-38-7-3-4-18-42-38;/h1-9,11-13,15-18,23-24,32,41H,10,14,19-22,25-26H2,(H,43,47);1H/t32-;/m0./s1. The van der Waals surface area contributed by atoms with E-state index >= 15 is 0 Å². The Balaban J connectivity index is 0.00000497. The molecule has 0 aliphatic carbocycles. The molecule has 0 unspecified atom stereocenters. The zero-order valence-electron chi connectivity index (χ0n) is 29.1. The Morgan fingerprint density at radius 3 is 2.56 bits per heavy atom. The van der Waals surface area contributed by atoms with Crippen LogP contribution in [0.4, 0.5) is 17.1 Å². The number of carbonyl (C=O) groups excluding carboxylic acids is 1. The van der Waals surface area contributed by atoms with Crippen molar-refractivity contribution in [2.75, 3.05) is 42.1 Å². The van der Waals surface area contributed by atoms with E-state index in [0.29, 0.717) is 23.4 Å². The van der Waals surface area contributed by atoms with Gasteiger partial charge in [0.05, 0.1) is 14.8 Å². The number of aromatic nitrogens is 1. The molecule has 0 spiro atoms. The van der Waals surface area contributed by atoms with E-state index in [4.69, 9.17) is 11.6 Å². The summed E-state index contributed by atoms with van der Waals surface area (Å²) in [5.74, 6) is -0.210. The van der Waals surface area contributed by atoms with Gasteiger partial charge in [0.2, 0.25) is 0 Å². The summed E-state index contributed by atoms with van der Waals surface area (Å²) in [7, 11) is -4.40. The van der Waals surface area contributed by atoms with Gasteiger partial charge in [0, 0.05) is 73.1 Å². The average Bonchev–Trinajstić information content (AvgIpc) is 3.17. The number of benzene rings is 4. The first-order chi connectivity index (χ1) is 25.6. The number of carbonyl (C=O) groups is 1. The molecule has 0 bridgehead atoms. The average molecular weight is 806 g/mol. The van der Waals surface area contributed by atoms with Crippen LogP contribution in [-0.2, 0) is 23.0 Å². The largest absolute Gasteiger partial charge is 0.379 e. The molecule has 3 heterocycles. The lowest BCUT2D eigenvalue weighted by atomic mass is 9.92. The Morgan fingerprint density at radius 1 is 0.981 bits per heavy atom. The number of thioether (sulfide) groups is 1. The molecule has 7 rings (SSSR count). The minimum Gasteiger partial charge on any atom is -0.379 e. The number of aryl methyl sites for hydroxylation is 1. The molecule has 0 saturated carbocycles. The maximum Gasteiger partial charge on any atom is 0.293 e. The van der Waals surface area contributed by atoms with E-state index in [2.05, 4.69) is 61.2 Å². The second kappa shape index (κ2) is 17.2. The number of fused-ring (bicyclic) bond motifs is 3. The van der Waals surface area contributed by atoms with Crippen LogP contribution in [0.1, 0.15) is 27.9 Å². The Labute approximate surface area is 329 Å². The maximum absolute atomic E-state index is 13.3. The Kier molecular flexibility index (Phi) is 12.4. The van der Waals surface area contributed by atoms with Crippen LogP contribution in [0.3, 0.4) is 0 Å². The van der Waals surface area contributed by atoms with E-state index < -0.39 is 26.5 Å². The number of hydrogen-bond acceptors (Lipinski definition) is 10. The first kappa shape index (κ1) is 39.0. The van der Waals surface area contributed by atoms with Gasteiger partial charge in [-0.15, -0.1) is 24.2 Å². The van der Waals surface area contributed by atoms with Crippen molar-refractivity contribution in [3.8, 4) is 11.1 Å². The van der Waals surface area contributed by atoms with Gasteiger partial charge in [0.25, 0.3) is 21.6 Å². The fourth-order valence-corrected chi connectivity index (χ4v) is 8.80. The minimum absolute atomic E-state index is 0. The number of halogens is 2. The predicted molar refractivity (Wildman–Crippen MR) is 217 cm³/mol. The Hall–Kier alpha value is -4.66. The predicted octanol–water partition coefficient (Wildman–Crippen LogP) is 7.69. The van der Waals surface area contributed by atoms with Gasteiger partial charge in [0.1, 0.15) is 5.69 Å². The number of piperazine rings is 1. The highest BCUT2D eigenvalue weighted by Gasteiger charge is 2.33. The molecule has 54 heavy (non-hydrogen) atoms. The van der Waals surface area contributed by atoms with Crippen LogP contribution in [0.25, 0.3) is 11.1 Å². The van der Waals surface area contributed by atoms with Crippen molar-refractivity contribution in [2.24, 2.45) is 0 Å². The summed E-state index contributed by atoms with van der Waals surface area (Å²) in [4.78, 5) is 33.2. The Bertz CT molecular complexity index is 2250. The molecule has 4 aromatic carbocycles. The van der Waals surface area contributed by atoms with Crippen molar-refractivity contribution in [1.29, 1.82) is 0 Å². The van der Waals surface area contributed by atoms with Crippen LogP contribution in [0.15, 0.2) is 119 Å². The lowest BCUT2D eigenvalue weighted by Gasteiger charge is -2.46. The van der Waals surface area contributed by atoms with E-state index in [1.165, 1.54) is 35.0 Å². The fraction of sp³-hybridized carbons (Fsp3) is 0.231. The molecule has 1 amide bonds. The molecule has 2 aliphatic rings. The van der Waals surface area contributed by atoms with Crippen LogP contribution in [0.2, 0.25) is 5.02 Å². The van der Waals surface area contributed by atoms with Gasteiger partial charge in [-0.3, -0.25) is 19.8 Å². The molecule has 280 valence electrons. The van der Waals surface area contributed by atoms with Gasteiger partial charge in [-0.1, -0.05) is 54.1 Å². The molecular weight excluding hydrogens is 768 g/mol. The quantitative estimate of drug-likeness (QED) is 0.0559. The third-order valence-electron chi connectivity index (χ3n) is 9.54. The van der Waals surface area contributed by atoms with Crippen molar-refractivity contribution >= 4 is 68.8 Å². The number of hydrogen-bond donors (Lipinski definition) is 2. The Morgan fingerprint density at radius 2 is 1.78 bits per heavy atom. The number of amides is 1. The molecule has 15 heteroatoms. The summed E-state index contributed by atoms with van der Waals surface area (Å²) >= 11 is 7.62. The molecule has 2 aliphatic heterocycles. The van der Waals surface area contributed by atoms with E-state index in [0.717, 1.165) is 66.9 Å². The lowest BCUT2D eigenvalue weighted by molar-refractivity contribution is -0.384. The van der Waals surface area contributed by atoms with Crippen LogP contribution >= 0.6 is 35.8 Å². The molecule has 0 radical (unpaired) electrons. The number of nitrogens with one attached hydrogen (secondary N) is 2. The first-order valence-electron chi connectivity index (χ1n) is 17.2. The lowest BCUT2D eigenvalue weighted by Crippen LogP contribution is -2.54. The van der Waals surface area contributed by atoms with Crippen LogP contribution in [-0.4, -0.2) is 67.1 Å². The van der Waals surface area contributed by atoms with Gasteiger partial charge in [-0.25, -0.2) is 18.1 Å². The van der Waals surface area contributed by atoms with Crippen molar-refractivity contribution in [2.45, 2.75) is 35.3 Å².